The molecule has 3 N–H and O–H groups in total. The molecular weight excluding hydrogens is 649 g/mol. The minimum absolute atomic E-state index is 0.129. The number of rotatable bonds is 12. The summed E-state index contributed by atoms with van der Waals surface area (Å²) in [6, 6.07) is 7.22. The van der Waals surface area contributed by atoms with Gasteiger partial charge in [-0.1, -0.05) is 38.0 Å². The number of ether oxygens (including phenoxy) is 1. The molecule has 1 aliphatic rings. The number of methoxy groups -OCH3 is 1. The SMILES string of the molecule is CC#CCn1c(N2CCC[C@@H](NP(=O)(COC)NC(C)(C(=O)O)C(C)C)C2)nc2c1c(=O)n(Cc1nc(C)c3ccccc3n1)c(=O)n2C. The number of fused-ring (bicyclic) bond motifs is 2. The van der Waals surface area contributed by atoms with Gasteiger partial charge in [0.15, 0.2) is 11.2 Å². The summed E-state index contributed by atoms with van der Waals surface area (Å²) < 4.78 is 23.6. The smallest absolute Gasteiger partial charge is 0.332 e. The van der Waals surface area contributed by atoms with Crippen LogP contribution in [0.1, 0.15) is 52.1 Å². The van der Waals surface area contributed by atoms with Gasteiger partial charge in [-0.15, -0.1) is 5.92 Å². The van der Waals surface area contributed by atoms with Crippen LogP contribution in [-0.4, -0.2) is 77.9 Å². The summed E-state index contributed by atoms with van der Waals surface area (Å²) in [7, 11) is -0.579. The molecule has 1 aromatic carbocycles. The molecular formula is C33H44N9O6P. The van der Waals surface area contributed by atoms with Gasteiger partial charge < -0.3 is 14.7 Å². The van der Waals surface area contributed by atoms with Crippen LogP contribution in [0.4, 0.5) is 5.95 Å². The Labute approximate surface area is 284 Å². The number of carboxylic acids is 1. The summed E-state index contributed by atoms with van der Waals surface area (Å²) in [5.41, 5.74) is -0.667. The molecule has 0 aliphatic carbocycles. The maximum absolute atomic E-state index is 14.1. The lowest BCUT2D eigenvalue weighted by Gasteiger charge is -2.39. The predicted molar refractivity (Wildman–Crippen MR) is 188 cm³/mol. The number of carbonyl (C=O) groups is 1. The monoisotopic (exact) mass is 693 g/mol. The lowest BCUT2D eigenvalue weighted by Crippen LogP contribution is -2.55. The predicted octanol–water partition coefficient (Wildman–Crippen LogP) is 2.66. The summed E-state index contributed by atoms with van der Waals surface area (Å²) in [5.74, 6) is 5.22. The molecule has 0 bridgehead atoms. The van der Waals surface area contributed by atoms with Crippen molar-refractivity contribution in [3.05, 3.63) is 56.6 Å². The molecule has 0 amide bonds. The van der Waals surface area contributed by atoms with Crippen molar-refractivity contribution in [1.82, 2.24) is 38.8 Å². The maximum atomic E-state index is 14.1. The summed E-state index contributed by atoms with van der Waals surface area (Å²) in [5, 5.41) is 17.0. The second-order valence-electron chi connectivity index (χ2n) is 12.9. The first-order chi connectivity index (χ1) is 23.2. The highest BCUT2D eigenvalue weighted by Gasteiger charge is 2.43. The van der Waals surface area contributed by atoms with Crippen LogP contribution < -0.4 is 26.3 Å². The Bertz CT molecular complexity index is 2130. The fraction of sp³-hybridized carbons (Fsp3) is 0.515. The normalized spacial score (nSPS) is 17.6. The number of piperidine rings is 1. The molecule has 2 unspecified atom stereocenters. The van der Waals surface area contributed by atoms with Gasteiger partial charge in [-0.3, -0.25) is 27.9 Å². The van der Waals surface area contributed by atoms with E-state index in [1.165, 1.54) is 18.6 Å². The number of aromatic nitrogens is 6. The third kappa shape index (κ3) is 7.05. The van der Waals surface area contributed by atoms with Crippen LogP contribution >= 0.6 is 7.44 Å². The fourth-order valence-corrected chi connectivity index (χ4v) is 8.67. The fourth-order valence-electron chi connectivity index (χ4n) is 6.20. The van der Waals surface area contributed by atoms with E-state index in [-0.39, 0.29) is 42.6 Å². The topological polar surface area (TPSA) is 178 Å². The van der Waals surface area contributed by atoms with Gasteiger partial charge in [-0.05, 0) is 45.6 Å². The van der Waals surface area contributed by atoms with Crippen LogP contribution in [0.3, 0.4) is 0 Å². The van der Waals surface area contributed by atoms with Crippen molar-refractivity contribution in [2.24, 2.45) is 13.0 Å². The average Bonchev–Trinajstić information content (AvgIpc) is 3.44. The van der Waals surface area contributed by atoms with E-state index in [4.69, 9.17) is 9.72 Å². The maximum Gasteiger partial charge on any atom is 0.332 e. The van der Waals surface area contributed by atoms with Crippen molar-refractivity contribution < 1.29 is 19.2 Å². The Kier molecular flexibility index (Phi) is 10.5. The Hall–Kier alpha value is -4.35. The molecule has 49 heavy (non-hydrogen) atoms. The molecule has 4 heterocycles. The van der Waals surface area contributed by atoms with E-state index in [0.29, 0.717) is 37.7 Å². The molecule has 15 nitrogen and oxygen atoms in total. The lowest BCUT2D eigenvalue weighted by atomic mass is 9.90. The second-order valence-corrected chi connectivity index (χ2v) is 15.1. The number of nitrogens with zero attached hydrogens (tertiary/aromatic N) is 7. The van der Waals surface area contributed by atoms with E-state index >= 15 is 0 Å². The second kappa shape index (κ2) is 14.2. The number of hydrogen-bond donors (Lipinski definition) is 3. The molecule has 3 atom stereocenters. The van der Waals surface area contributed by atoms with Crippen LogP contribution in [0.15, 0.2) is 33.9 Å². The summed E-state index contributed by atoms with van der Waals surface area (Å²) in [6.45, 7) is 9.52. The van der Waals surface area contributed by atoms with E-state index in [1.807, 2.05) is 36.1 Å². The zero-order valence-electron chi connectivity index (χ0n) is 29.0. The minimum Gasteiger partial charge on any atom is -0.480 e. The van der Waals surface area contributed by atoms with Crippen LogP contribution in [0.2, 0.25) is 0 Å². The Morgan fingerprint density at radius 1 is 1.20 bits per heavy atom. The molecule has 0 saturated carbocycles. The highest BCUT2D eigenvalue weighted by Crippen LogP contribution is 2.42. The molecule has 16 heteroatoms. The molecule has 0 spiro atoms. The lowest BCUT2D eigenvalue weighted by molar-refractivity contribution is -0.145. The quantitative estimate of drug-likeness (QED) is 0.146. The number of anilines is 1. The number of aryl methyl sites for hydroxylation is 2. The first-order valence-corrected chi connectivity index (χ1v) is 18.1. The van der Waals surface area contributed by atoms with Crippen molar-refractivity contribution in [2.75, 3.05) is 31.4 Å². The summed E-state index contributed by atoms with van der Waals surface area (Å²) in [6.07, 6.45) is 1.13. The van der Waals surface area contributed by atoms with Crippen molar-refractivity contribution in [1.29, 1.82) is 0 Å². The zero-order valence-corrected chi connectivity index (χ0v) is 29.9. The number of benzene rings is 1. The van der Waals surface area contributed by atoms with Gasteiger partial charge >= 0.3 is 11.7 Å². The van der Waals surface area contributed by atoms with Crippen LogP contribution in [0.25, 0.3) is 22.1 Å². The van der Waals surface area contributed by atoms with Gasteiger partial charge in [0, 0.05) is 44.4 Å². The van der Waals surface area contributed by atoms with Gasteiger partial charge in [0.2, 0.25) is 13.4 Å². The van der Waals surface area contributed by atoms with Gasteiger partial charge in [0.1, 0.15) is 17.7 Å². The van der Waals surface area contributed by atoms with E-state index in [2.05, 4.69) is 32.0 Å². The standard InChI is InChI=1S/C33H44N9O6P/c1-8-9-17-41-27-28(39(6)32(46)42(29(27)43)19-26-34-22(4)24-14-10-11-15-25(24)35-26)36-31(41)40-16-12-13-23(18-40)37-49(47,20-48-7)38-33(5,21(2)3)30(44)45/h10-11,14-15,21,23H,12-13,16-20H2,1-7H3,(H,44,45)(H2,37,38,47)/t23-,33?,49?/m1/s1. The minimum atomic E-state index is -3.56. The van der Waals surface area contributed by atoms with Gasteiger partial charge in [0.05, 0.1) is 18.6 Å². The molecule has 1 fully saturated rings. The molecule has 5 rings (SSSR count). The van der Waals surface area contributed by atoms with Gasteiger partial charge in [0.25, 0.3) is 5.56 Å². The van der Waals surface area contributed by atoms with E-state index in [0.717, 1.165) is 21.2 Å². The third-order valence-corrected chi connectivity index (χ3v) is 11.4. The Morgan fingerprint density at radius 3 is 2.61 bits per heavy atom. The number of carboxylic acid groups (broad SMARTS) is 1. The van der Waals surface area contributed by atoms with Crippen molar-refractivity contribution in [3.63, 3.8) is 0 Å². The highest BCUT2D eigenvalue weighted by atomic mass is 31.2. The number of nitrogens with one attached hydrogen (secondary N) is 2. The summed E-state index contributed by atoms with van der Waals surface area (Å²) >= 11 is 0. The van der Waals surface area contributed by atoms with E-state index < -0.39 is 30.2 Å². The highest BCUT2D eigenvalue weighted by molar-refractivity contribution is 7.59. The van der Waals surface area contributed by atoms with Crippen LogP contribution in [0, 0.1) is 24.7 Å². The Balaban J connectivity index is 1.53. The first-order valence-electron chi connectivity index (χ1n) is 16.2. The molecule has 1 saturated heterocycles. The number of hydrogen-bond acceptors (Lipinski definition) is 9. The first kappa shape index (κ1) is 35.9. The third-order valence-electron chi connectivity index (χ3n) is 9.18. The number of para-hydroxylation sites is 1. The molecule has 0 radical (unpaired) electrons. The van der Waals surface area contributed by atoms with Gasteiger partial charge in [-0.25, -0.2) is 24.9 Å². The van der Waals surface area contributed by atoms with E-state index in [1.54, 1.807) is 32.4 Å². The molecule has 3 aromatic heterocycles. The van der Waals surface area contributed by atoms with Crippen molar-refractivity contribution in [2.45, 2.75) is 72.1 Å². The zero-order chi connectivity index (χ0) is 35.7. The van der Waals surface area contributed by atoms with Crippen LogP contribution in [0.5, 0.6) is 0 Å². The number of aliphatic carboxylic acids is 1. The van der Waals surface area contributed by atoms with E-state index in [9.17, 15) is 24.1 Å². The van der Waals surface area contributed by atoms with Crippen molar-refractivity contribution in [3.8, 4) is 11.8 Å². The Morgan fingerprint density at radius 2 is 1.94 bits per heavy atom. The number of imidazole rings is 1. The molecule has 4 aromatic rings. The van der Waals surface area contributed by atoms with Crippen molar-refractivity contribution >= 4 is 41.4 Å². The average molecular weight is 694 g/mol. The molecule has 262 valence electrons. The van der Waals surface area contributed by atoms with Crippen LogP contribution in [-0.2, 0) is 34.2 Å². The largest absolute Gasteiger partial charge is 0.480 e. The van der Waals surface area contributed by atoms with Gasteiger partial charge in [-0.2, -0.15) is 4.98 Å². The summed E-state index contributed by atoms with van der Waals surface area (Å²) in [4.78, 5) is 56.0. The molecule has 1 aliphatic heterocycles.